The Labute approximate surface area is 198 Å². The molecule has 1 aliphatic carbocycles. The van der Waals surface area contributed by atoms with Crippen molar-refractivity contribution in [2.75, 3.05) is 23.3 Å². The number of hydrogen-bond donors (Lipinski definition) is 2. The molecular weight excluding hydrogens is 430 g/mol. The molecule has 1 amide bonds. The summed E-state index contributed by atoms with van der Waals surface area (Å²) >= 11 is 1.63. The SMILES string of the molecule is O=C(CN1c2ccccc2NC2=C(C(=O)CCC2)[C@H]1c1cccs1)NCCc1ccccc1. The molecular formula is C27H27N3O2S. The molecule has 0 radical (unpaired) electrons. The third kappa shape index (κ3) is 4.57. The van der Waals surface area contributed by atoms with Crippen molar-refractivity contribution in [3.8, 4) is 0 Å². The van der Waals surface area contributed by atoms with Crippen molar-refractivity contribution in [2.45, 2.75) is 31.7 Å². The summed E-state index contributed by atoms with van der Waals surface area (Å²) in [4.78, 5) is 29.5. The van der Waals surface area contributed by atoms with Crippen molar-refractivity contribution in [3.63, 3.8) is 0 Å². The van der Waals surface area contributed by atoms with Gasteiger partial charge in [0.25, 0.3) is 0 Å². The van der Waals surface area contributed by atoms with Gasteiger partial charge in [0.05, 0.1) is 24.0 Å². The average molecular weight is 458 g/mol. The van der Waals surface area contributed by atoms with Gasteiger partial charge in [0.15, 0.2) is 5.78 Å². The summed E-state index contributed by atoms with van der Waals surface area (Å²) in [5.74, 6) is 0.124. The van der Waals surface area contributed by atoms with Crippen LogP contribution in [0.25, 0.3) is 0 Å². The number of carbonyl (C=O) groups excluding carboxylic acids is 2. The lowest BCUT2D eigenvalue weighted by atomic mass is 9.88. The predicted molar refractivity (Wildman–Crippen MR) is 134 cm³/mol. The van der Waals surface area contributed by atoms with E-state index in [9.17, 15) is 9.59 Å². The van der Waals surface area contributed by atoms with Crippen LogP contribution in [-0.2, 0) is 16.0 Å². The molecule has 0 unspecified atom stereocenters. The Morgan fingerprint density at radius 1 is 1.03 bits per heavy atom. The second-order valence-corrected chi connectivity index (χ2v) is 9.42. The first-order valence-electron chi connectivity index (χ1n) is 11.4. The predicted octanol–water partition coefficient (Wildman–Crippen LogP) is 5.09. The Kier molecular flexibility index (Phi) is 6.26. The molecule has 5 rings (SSSR count). The molecule has 0 fully saturated rings. The van der Waals surface area contributed by atoms with Crippen LogP contribution in [-0.4, -0.2) is 24.8 Å². The van der Waals surface area contributed by atoms with Crippen molar-refractivity contribution >= 4 is 34.4 Å². The van der Waals surface area contributed by atoms with Crippen LogP contribution in [0.2, 0.25) is 0 Å². The molecule has 2 aromatic carbocycles. The van der Waals surface area contributed by atoms with Crippen molar-refractivity contribution in [3.05, 3.63) is 93.8 Å². The van der Waals surface area contributed by atoms with E-state index in [0.29, 0.717) is 13.0 Å². The Morgan fingerprint density at radius 2 is 1.85 bits per heavy atom. The number of hydrogen-bond acceptors (Lipinski definition) is 5. The van der Waals surface area contributed by atoms with Gasteiger partial charge in [0.2, 0.25) is 5.91 Å². The fourth-order valence-corrected chi connectivity index (χ4v) is 5.56. The van der Waals surface area contributed by atoms with Gasteiger partial charge < -0.3 is 15.5 Å². The molecule has 2 aliphatic rings. The maximum absolute atomic E-state index is 13.2. The fraction of sp³-hybridized carbons (Fsp3) is 0.259. The standard InChI is InChI=1S/C27H27N3O2S/c31-23-13-6-11-21-26(23)27(24-14-7-17-33-24)30(22-12-5-4-10-20(22)29-21)18-25(32)28-16-15-19-8-2-1-3-9-19/h1-5,7-10,12,14,17,27,29H,6,11,13,15-16,18H2,(H,28,32)/t27-/m1/s1. The number of nitrogens with zero attached hydrogens (tertiary/aromatic N) is 1. The molecule has 0 saturated heterocycles. The molecule has 3 aromatic rings. The van der Waals surface area contributed by atoms with Crippen molar-refractivity contribution in [1.82, 2.24) is 5.32 Å². The highest BCUT2D eigenvalue weighted by atomic mass is 32.1. The van der Waals surface area contributed by atoms with Crippen LogP contribution in [0.1, 0.15) is 35.7 Å². The van der Waals surface area contributed by atoms with Crippen LogP contribution in [0.4, 0.5) is 11.4 Å². The first-order valence-corrected chi connectivity index (χ1v) is 12.3. The zero-order chi connectivity index (χ0) is 22.6. The molecule has 2 N–H and O–H groups in total. The number of thiophene rings is 1. The van der Waals surface area contributed by atoms with Gasteiger partial charge >= 0.3 is 0 Å². The number of allylic oxidation sites excluding steroid dienone is 1. The maximum Gasteiger partial charge on any atom is 0.239 e. The quantitative estimate of drug-likeness (QED) is 0.541. The fourth-order valence-electron chi connectivity index (χ4n) is 4.72. The molecule has 1 aliphatic heterocycles. The second kappa shape index (κ2) is 9.63. The van der Waals surface area contributed by atoms with E-state index >= 15 is 0 Å². The number of fused-ring (bicyclic) bond motifs is 1. The highest BCUT2D eigenvalue weighted by Crippen LogP contribution is 2.45. The monoisotopic (exact) mass is 457 g/mol. The van der Waals surface area contributed by atoms with E-state index in [-0.39, 0.29) is 24.3 Å². The summed E-state index contributed by atoms with van der Waals surface area (Å²) < 4.78 is 0. The lowest BCUT2D eigenvalue weighted by Gasteiger charge is -2.34. The number of para-hydroxylation sites is 2. The number of nitrogens with one attached hydrogen (secondary N) is 2. The van der Waals surface area contributed by atoms with E-state index in [1.54, 1.807) is 11.3 Å². The lowest BCUT2D eigenvalue weighted by Crippen LogP contribution is -2.41. The normalized spacial score (nSPS) is 17.6. The minimum absolute atomic E-state index is 0.0467. The highest BCUT2D eigenvalue weighted by molar-refractivity contribution is 7.10. The number of carbonyl (C=O) groups is 2. The molecule has 5 nitrogen and oxygen atoms in total. The van der Waals surface area contributed by atoms with Crippen LogP contribution < -0.4 is 15.5 Å². The zero-order valence-electron chi connectivity index (χ0n) is 18.4. The van der Waals surface area contributed by atoms with Gasteiger partial charge in [-0.2, -0.15) is 0 Å². The lowest BCUT2D eigenvalue weighted by molar-refractivity contribution is -0.120. The second-order valence-electron chi connectivity index (χ2n) is 8.44. The van der Waals surface area contributed by atoms with Crippen LogP contribution in [0, 0.1) is 0 Å². The Hall–Kier alpha value is -3.38. The number of amides is 1. The minimum Gasteiger partial charge on any atom is -0.357 e. The molecule has 0 saturated carbocycles. The first-order chi connectivity index (χ1) is 16.2. The number of benzene rings is 2. The van der Waals surface area contributed by atoms with Crippen LogP contribution in [0.5, 0.6) is 0 Å². The molecule has 0 spiro atoms. The molecule has 33 heavy (non-hydrogen) atoms. The zero-order valence-corrected chi connectivity index (χ0v) is 19.2. The molecule has 2 heterocycles. The highest BCUT2D eigenvalue weighted by Gasteiger charge is 2.37. The number of anilines is 2. The van der Waals surface area contributed by atoms with Gasteiger partial charge in [-0.3, -0.25) is 9.59 Å². The summed E-state index contributed by atoms with van der Waals surface area (Å²) in [7, 11) is 0. The third-order valence-corrected chi connectivity index (χ3v) is 7.17. The van der Waals surface area contributed by atoms with E-state index in [0.717, 1.165) is 46.8 Å². The van der Waals surface area contributed by atoms with Crippen molar-refractivity contribution < 1.29 is 9.59 Å². The van der Waals surface area contributed by atoms with Crippen LogP contribution in [0.3, 0.4) is 0 Å². The third-order valence-electron chi connectivity index (χ3n) is 6.25. The summed E-state index contributed by atoms with van der Waals surface area (Å²) in [6.45, 7) is 0.757. The number of Topliss-reactive ketones (excluding diaryl/α,β-unsaturated/α-hetero) is 1. The van der Waals surface area contributed by atoms with E-state index in [1.807, 2.05) is 53.9 Å². The van der Waals surface area contributed by atoms with Gasteiger partial charge in [-0.25, -0.2) is 0 Å². The van der Waals surface area contributed by atoms with E-state index in [4.69, 9.17) is 0 Å². The molecule has 168 valence electrons. The largest absolute Gasteiger partial charge is 0.357 e. The Balaban J connectivity index is 1.45. The molecule has 0 bridgehead atoms. The van der Waals surface area contributed by atoms with Crippen LogP contribution >= 0.6 is 11.3 Å². The van der Waals surface area contributed by atoms with Crippen molar-refractivity contribution in [1.29, 1.82) is 0 Å². The Morgan fingerprint density at radius 3 is 2.67 bits per heavy atom. The van der Waals surface area contributed by atoms with Gasteiger partial charge in [0, 0.05) is 29.1 Å². The number of rotatable bonds is 6. The average Bonchev–Trinajstić information content (AvgIpc) is 3.31. The van der Waals surface area contributed by atoms with E-state index in [1.165, 1.54) is 5.56 Å². The topological polar surface area (TPSA) is 61.4 Å². The molecule has 6 heteroatoms. The van der Waals surface area contributed by atoms with Gasteiger partial charge in [0.1, 0.15) is 0 Å². The van der Waals surface area contributed by atoms with E-state index < -0.39 is 0 Å². The minimum atomic E-state index is -0.274. The summed E-state index contributed by atoms with van der Waals surface area (Å²) in [5, 5.41) is 8.65. The van der Waals surface area contributed by atoms with E-state index in [2.05, 4.69) is 33.7 Å². The van der Waals surface area contributed by atoms with Crippen molar-refractivity contribution in [2.24, 2.45) is 0 Å². The molecule has 1 atom stereocenters. The first kappa shape index (κ1) is 21.5. The summed E-state index contributed by atoms with van der Waals surface area (Å²) in [5.41, 5.74) is 4.87. The van der Waals surface area contributed by atoms with Crippen LogP contribution in [0.15, 0.2) is 83.4 Å². The maximum atomic E-state index is 13.2. The Bertz CT molecular complexity index is 1170. The smallest absolute Gasteiger partial charge is 0.239 e. The summed E-state index contributed by atoms with van der Waals surface area (Å²) in [6, 6.07) is 22.0. The van der Waals surface area contributed by atoms with Gasteiger partial charge in [-0.05, 0) is 48.4 Å². The summed E-state index contributed by atoms with van der Waals surface area (Å²) in [6.07, 6.45) is 3.03. The molecule has 1 aromatic heterocycles. The number of ketones is 1. The van der Waals surface area contributed by atoms with Gasteiger partial charge in [-0.1, -0.05) is 48.5 Å². The van der Waals surface area contributed by atoms with Gasteiger partial charge in [-0.15, -0.1) is 11.3 Å².